The number of halogens is 1. The summed E-state index contributed by atoms with van der Waals surface area (Å²) >= 11 is 0. The number of aryl methyl sites for hydroxylation is 1. The van der Waals surface area contributed by atoms with Crippen LogP contribution in [0.2, 0.25) is 0 Å². The smallest absolute Gasteiger partial charge is 0.240 e. The zero-order chi connectivity index (χ0) is 17.2. The lowest BCUT2D eigenvalue weighted by Crippen LogP contribution is -2.39. The van der Waals surface area contributed by atoms with Gasteiger partial charge in [-0.25, -0.2) is 13.1 Å². The number of fused-ring (bicyclic) bond motifs is 2. The summed E-state index contributed by atoms with van der Waals surface area (Å²) in [5.74, 6) is 0.191. The van der Waals surface area contributed by atoms with Crippen molar-refractivity contribution in [1.29, 1.82) is 0 Å². The van der Waals surface area contributed by atoms with E-state index in [-0.39, 0.29) is 23.2 Å². The first-order valence-corrected chi connectivity index (χ1v) is 10.0. The average molecular weight is 388 g/mol. The van der Waals surface area contributed by atoms with E-state index in [0.29, 0.717) is 24.9 Å². The molecule has 0 saturated carbocycles. The number of benzene rings is 1. The van der Waals surface area contributed by atoms with Gasteiger partial charge in [0.2, 0.25) is 15.9 Å². The van der Waals surface area contributed by atoms with Crippen molar-refractivity contribution in [3.63, 3.8) is 0 Å². The van der Waals surface area contributed by atoms with E-state index in [9.17, 15) is 13.2 Å². The molecule has 1 aromatic rings. The molecule has 2 atom stereocenters. The minimum absolute atomic E-state index is 0. The van der Waals surface area contributed by atoms with Crippen LogP contribution in [-0.2, 0) is 21.2 Å². The summed E-state index contributed by atoms with van der Waals surface area (Å²) in [6.45, 7) is 1.65. The van der Waals surface area contributed by atoms with E-state index in [1.165, 1.54) is 13.5 Å². The Hall–Kier alpha value is -1.15. The van der Waals surface area contributed by atoms with Gasteiger partial charge in [0.1, 0.15) is 0 Å². The molecular formula is C17H26ClN3O3S. The van der Waals surface area contributed by atoms with E-state index >= 15 is 0 Å². The average Bonchev–Trinajstić information content (AvgIpc) is 2.92. The van der Waals surface area contributed by atoms with Gasteiger partial charge in [0, 0.05) is 31.6 Å². The quantitative estimate of drug-likeness (QED) is 0.798. The zero-order valence-corrected chi connectivity index (χ0v) is 16.0. The number of carbonyl (C=O) groups excluding carboxylic acids is 1. The lowest BCUT2D eigenvalue weighted by atomic mass is 10.1. The molecule has 0 radical (unpaired) electrons. The summed E-state index contributed by atoms with van der Waals surface area (Å²) in [4.78, 5) is 14.7. The van der Waals surface area contributed by atoms with E-state index in [4.69, 9.17) is 0 Å². The fourth-order valence-electron chi connectivity index (χ4n) is 3.53. The van der Waals surface area contributed by atoms with Crippen LogP contribution in [0.25, 0.3) is 0 Å². The molecule has 6 nitrogen and oxygen atoms in total. The Morgan fingerprint density at radius 3 is 2.56 bits per heavy atom. The Morgan fingerprint density at radius 1 is 1.20 bits per heavy atom. The lowest BCUT2D eigenvalue weighted by molar-refractivity contribution is -0.131. The second kappa shape index (κ2) is 8.49. The van der Waals surface area contributed by atoms with Gasteiger partial charge in [-0.2, -0.15) is 0 Å². The topological polar surface area (TPSA) is 78.5 Å². The highest BCUT2D eigenvalue weighted by atomic mass is 35.5. The highest BCUT2D eigenvalue weighted by Crippen LogP contribution is 2.21. The van der Waals surface area contributed by atoms with Crippen LogP contribution >= 0.6 is 12.4 Å². The standard InChI is InChI=1S/C17H25N3O3S.ClH/c1-18-24(22,23)16-7-2-13(3-8-16)4-9-17(21)20-11-10-14-5-6-15(12-20)19-14;/h2-3,7-8,14-15,18-19H,4-6,9-12H2,1H3;1H. The molecule has 8 heteroatoms. The van der Waals surface area contributed by atoms with Crippen molar-refractivity contribution in [3.05, 3.63) is 29.8 Å². The molecular weight excluding hydrogens is 362 g/mol. The highest BCUT2D eigenvalue weighted by molar-refractivity contribution is 7.89. The monoisotopic (exact) mass is 387 g/mol. The van der Waals surface area contributed by atoms with Crippen molar-refractivity contribution in [1.82, 2.24) is 14.9 Å². The zero-order valence-electron chi connectivity index (χ0n) is 14.4. The Bertz CT molecular complexity index is 694. The van der Waals surface area contributed by atoms with Crippen LogP contribution in [0.5, 0.6) is 0 Å². The molecule has 25 heavy (non-hydrogen) atoms. The fourth-order valence-corrected chi connectivity index (χ4v) is 4.26. The van der Waals surface area contributed by atoms with Gasteiger partial charge in [-0.1, -0.05) is 12.1 Å². The summed E-state index contributed by atoms with van der Waals surface area (Å²) in [7, 11) is -2.01. The molecule has 1 amide bonds. The van der Waals surface area contributed by atoms with E-state index in [1.807, 2.05) is 4.90 Å². The van der Waals surface area contributed by atoms with Crippen molar-refractivity contribution in [3.8, 4) is 0 Å². The number of rotatable bonds is 5. The molecule has 2 saturated heterocycles. The Labute approximate surface area is 155 Å². The SMILES string of the molecule is CNS(=O)(=O)c1ccc(CCC(=O)N2CCC3CCC(C2)N3)cc1.Cl. The third-order valence-electron chi connectivity index (χ3n) is 5.01. The maximum Gasteiger partial charge on any atom is 0.240 e. The number of sulfonamides is 1. The van der Waals surface area contributed by atoms with Crippen molar-refractivity contribution in [2.45, 2.75) is 49.1 Å². The van der Waals surface area contributed by atoms with Crippen molar-refractivity contribution in [2.75, 3.05) is 20.1 Å². The molecule has 0 aromatic heterocycles. The molecule has 3 rings (SSSR count). The number of nitrogens with one attached hydrogen (secondary N) is 2. The molecule has 2 aliphatic rings. The van der Waals surface area contributed by atoms with Crippen molar-refractivity contribution >= 4 is 28.3 Å². The van der Waals surface area contributed by atoms with Crippen LogP contribution in [0, 0.1) is 0 Å². The molecule has 2 N–H and O–H groups in total. The number of nitrogens with zero attached hydrogens (tertiary/aromatic N) is 1. The number of hydrogen-bond acceptors (Lipinski definition) is 4. The van der Waals surface area contributed by atoms with Crippen LogP contribution in [0.4, 0.5) is 0 Å². The van der Waals surface area contributed by atoms with Gasteiger partial charge in [-0.05, 0) is 50.4 Å². The fraction of sp³-hybridized carbons (Fsp3) is 0.588. The summed E-state index contributed by atoms with van der Waals surface area (Å²) in [6.07, 6.45) is 4.54. The van der Waals surface area contributed by atoms with Gasteiger partial charge < -0.3 is 10.2 Å². The Kier molecular flexibility index (Phi) is 6.85. The van der Waals surface area contributed by atoms with Crippen LogP contribution in [0.15, 0.2) is 29.2 Å². The molecule has 2 heterocycles. The van der Waals surface area contributed by atoms with Gasteiger partial charge in [-0.15, -0.1) is 12.4 Å². The number of amides is 1. The Balaban J connectivity index is 0.00000225. The molecule has 2 aliphatic heterocycles. The lowest BCUT2D eigenvalue weighted by Gasteiger charge is -2.24. The summed E-state index contributed by atoms with van der Waals surface area (Å²) in [6, 6.07) is 7.76. The Morgan fingerprint density at radius 2 is 1.88 bits per heavy atom. The van der Waals surface area contributed by atoms with E-state index in [2.05, 4.69) is 10.0 Å². The molecule has 2 fully saturated rings. The summed E-state index contributed by atoms with van der Waals surface area (Å²) in [5, 5.41) is 3.58. The van der Waals surface area contributed by atoms with Crippen LogP contribution in [0.3, 0.4) is 0 Å². The molecule has 0 spiro atoms. The van der Waals surface area contributed by atoms with Crippen LogP contribution < -0.4 is 10.0 Å². The third kappa shape index (κ3) is 4.94. The van der Waals surface area contributed by atoms with Gasteiger partial charge in [0.15, 0.2) is 0 Å². The number of carbonyl (C=O) groups is 1. The minimum atomic E-state index is -3.40. The summed E-state index contributed by atoms with van der Waals surface area (Å²) < 4.78 is 25.7. The number of likely N-dealkylation sites (tertiary alicyclic amines) is 1. The first kappa shape index (κ1) is 20.2. The van der Waals surface area contributed by atoms with Gasteiger partial charge >= 0.3 is 0 Å². The normalized spacial score (nSPS) is 23.0. The number of hydrogen-bond donors (Lipinski definition) is 2. The first-order valence-electron chi connectivity index (χ1n) is 8.54. The third-order valence-corrected chi connectivity index (χ3v) is 6.44. The van der Waals surface area contributed by atoms with E-state index in [1.54, 1.807) is 24.3 Å². The van der Waals surface area contributed by atoms with E-state index < -0.39 is 10.0 Å². The predicted molar refractivity (Wildman–Crippen MR) is 99.4 cm³/mol. The molecule has 0 aliphatic carbocycles. The van der Waals surface area contributed by atoms with E-state index in [0.717, 1.165) is 31.5 Å². The van der Waals surface area contributed by atoms with Crippen molar-refractivity contribution in [2.24, 2.45) is 0 Å². The highest BCUT2D eigenvalue weighted by Gasteiger charge is 2.30. The molecule has 2 bridgehead atoms. The first-order chi connectivity index (χ1) is 11.5. The van der Waals surface area contributed by atoms with Gasteiger partial charge in [0.25, 0.3) is 0 Å². The maximum absolute atomic E-state index is 12.5. The van der Waals surface area contributed by atoms with Crippen LogP contribution in [0.1, 0.15) is 31.2 Å². The maximum atomic E-state index is 12.5. The van der Waals surface area contributed by atoms with Gasteiger partial charge in [0.05, 0.1) is 4.90 Å². The van der Waals surface area contributed by atoms with Crippen LogP contribution in [-0.4, -0.2) is 51.4 Å². The van der Waals surface area contributed by atoms with Crippen molar-refractivity contribution < 1.29 is 13.2 Å². The summed E-state index contributed by atoms with van der Waals surface area (Å²) in [5.41, 5.74) is 0.980. The second-order valence-electron chi connectivity index (χ2n) is 6.62. The second-order valence-corrected chi connectivity index (χ2v) is 8.50. The largest absolute Gasteiger partial charge is 0.341 e. The minimum Gasteiger partial charge on any atom is -0.341 e. The predicted octanol–water partition coefficient (Wildman–Crippen LogP) is 1.30. The molecule has 1 aromatic carbocycles. The molecule has 2 unspecified atom stereocenters. The molecule has 140 valence electrons. The van der Waals surface area contributed by atoms with Gasteiger partial charge in [-0.3, -0.25) is 4.79 Å².